The number of rotatable bonds is 2. The zero-order valence-electron chi connectivity index (χ0n) is 7.79. The van der Waals surface area contributed by atoms with E-state index in [0.717, 1.165) is 17.7 Å². The van der Waals surface area contributed by atoms with Crippen molar-refractivity contribution in [3.05, 3.63) is 30.3 Å². The largest absolute Gasteiger partial charge is 0.370 e. The third-order valence-corrected chi connectivity index (χ3v) is 1.94. The van der Waals surface area contributed by atoms with E-state index in [9.17, 15) is 4.39 Å². The molecule has 4 heteroatoms. The zero-order chi connectivity index (χ0) is 9.97. The minimum atomic E-state index is -0.279. The van der Waals surface area contributed by atoms with Gasteiger partial charge in [0, 0.05) is 18.0 Å². The SMILES string of the molecule is CCNc1ncnc2cc(F)ccc12. The molecule has 2 aromatic rings. The van der Waals surface area contributed by atoms with Gasteiger partial charge in [-0.25, -0.2) is 14.4 Å². The predicted octanol–water partition coefficient (Wildman–Crippen LogP) is 2.20. The molecule has 0 unspecified atom stereocenters. The number of aromatic nitrogens is 2. The number of benzene rings is 1. The molecule has 0 aliphatic rings. The molecule has 1 heterocycles. The van der Waals surface area contributed by atoms with Gasteiger partial charge in [-0.15, -0.1) is 0 Å². The number of anilines is 1. The van der Waals surface area contributed by atoms with Crippen molar-refractivity contribution in [1.82, 2.24) is 9.97 Å². The van der Waals surface area contributed by atoms with Crippen molar-refractivity contribution < 1.29 is 4.39 Å². The number of nitrogens with zero attached hydrogens (tertiary/aromatic N) is 2. The van der Waals surface area contributed by atoms with Crippen LogP contribution in [-0.4, -0.2) is 16.5 Å². The van der Waals surface area contributed by atoms with Crippen LogP contribution in [0, 0.1) is 5.82 Å². The van der Waals surface area contributed by atoms with E-state index in [2.05, 4.69) is 15.3 Å². The zero-order valence-corrected chi connectivity index (χ0v) is 7.79. The van der Waals surface area contributed by atoms with E-state index in [-0.39, 0.29) is 5.82 Å². The third-order valence-electron chi connectivity index (χ3n) is 1.94. The molecule has 1 N–H and O–H groups in total. The lowest BCUT2D eigenvalue weighted by Crippen LogP contribution is -2.00. The Morgan fingerprint density at radius 1 is 1.36 bits per heavy atom. The van der Waals surface area contributed by atoms with Crippen LogP contribution in [0.3, 0.4) is 0 Å². The van der Waals surface area contributed by atoms with E-state index in [0.29, 0.717) is 5.52 Å². The van der Waals surface area contributed by atoms with E-state index in [1.54, 1.807) is 6.07 Å². The summed E-state index contributed by atoms with van der Waals surface area (Å²) in [5.41, 5.74) is 0.621. The first-order valence-corrected chi connectivity index (χ1v) is 4.45. The first-order chi connectivity index (χ1) is 6.81. The first-order valence-electron chi connectivity index (χ1n) is 4.45. The summed E-state index contributed by atoms with van der Waals surface area (Å²) < 4.78 is 12.9. The quantitative estimate of drug-likeness (QED) is 0.790. The maximum atomic E-state index is 12.9. The maximum Gasteiger partial charge on any atom is 0.137 e. The highest BCUT2D eigenvalue weighted by Crippen LogP contribution is 2.19. The van der Waals surface area contributed by atoms with Crippen LogP contribution in [-0.2, 0) is 0 Å². The van der Waals surface area contributed by atoms with Crippen LogP contribution in [0.25, 0.3) is 10.9 Å². The van der Waals surface area contributed by atoms with E-state index in [1.807, 2.05) is 6.92 Å². The van der Waals surface area contributed by atoms with Crippen LogP contribution in [0.5, 0.6) is 0 Å². The van der Waals surface area contributed by atoms with Crippen molar-refractivity contribution in [1.29, 1.82) is 0 Å². The third kappa shape index (κ3) is 1.51. The maximum absolute atomic E-state index is 12.9. The molecule has 72 valence electrons. The van der Waals surface area contributed by atoms with Gasteiger partial charge in [-0.2, -0.15) is 0 Å². The van der Waals surface area contributed by atoms with Gasteiger partial charge in [0.15, 0.2) is 0 Å². The molecule has 2 rings (SSSR count). The molecule has 0 atom stereocenters. The Hall–Kier alpha value is -1.71. The van der Waals surface area contributed by atoms with Crippen LogP contribution in [0.4, 0.5) is 10.2 Å². The number of nitrogens with one attached hydrogen (secondary N) is 1. The molecule has 3 nitrogen and oxygen atoms in total. The van der Waals surface area contributed by atoms with Gasteiger partial charge < -0.3 is 5.32 Å². The summed E-state index contributed by atoms with van der Waals surface area (Å²) in [5.74, 6) is 0.469. The minimum Gasteiger partial charge on any atom is -0.370 e. The number of hydrogen-bond acceptors (Lipinski definition) is 3. The van der Waals surface area contributed by atoms with Gasteiger partial charge in [0.2, 0.25) is 0 Å². The lowest BCUT2D eigenvalue weighted by atomic mass is 10.2. The molecular weight excluding hydrogens is 181 g/mol. The summed E-state index contributed by atoms with van der Waals surface area (Å²) in [7, 11) is 0. The normalized spacial score (nSPS) is 10.4. The topological polar surface area (TPSA) is 37.8 Å². The van der Waals surface area contributed by atoms with Crippen LogP contribution in [0.2, 0.25) is 0 Å². The number of hydrogen-bond donors (Lipinski definition) is 1. The van der Waals surface area contributed by atoms with Gasteiger partial charge in [-0.1, -0.05) is 0 Å². The Balaban J connectivity index is 2.62. The average molecular weight is 191 g/mol. The summed E-state index contributed by atoms with van der Waals surface area (Å²) in [6, 6.07) is 4.49. The molecular formula is C10H10FN3. The summed E-state index contributed by atoms with van der Waals surface area (Å²) >= 11 is 0. The highest BCUT2D eigenvalue weighted by molar-refractivity contribution is 5.88. The Bertz CT molecular complexity index is 456. The fourth-order valence-electron chi connectivity index (χ4n) is 1.34. The fourth-order valence-corrected chi connectivity index (χ4v) is 1.34. The van der Waals surface area contributed by atoms with Crippen LogP contribution >= 0.6 is 0 Å². The molecule has 14 heavy (non-hydrogen) atoms. The van der Waals surface area contributed by atoms with Crippen molar-refractivity contribution >= 4 is 16.7 Å². The average Bonchev–Trinajstić information content (AvgIpc) is 2.18. The lowest BCUT2D eigenvalue weighted by Gasteiger charge is -2.05. The van der Waals surface area contributed by atoms with E-state index in [1.165, 1.54) is 18.5 Å². The molecule has 0 aliphatic carbocycles. The van der Waals surface area contributed by atoms with Crippen molar-refractivity contribution in [3.8, 4) is 0 Å². The molecule has 0 saturated heterocycles. The lowest BCUT2D eigenvalue weighted by molar-refractivity contribution is 0.629. The van der Waals surface area contributed by atoms with E-state index >= 15 is 0 Å². The van der Waals surface area contributed by atoms with Crippen molar-refractivity contribution in [2.75, 3.05) is 11.9 Å². The molecule has 0 radical (unpaired) electrons. The predicted molar refractivity (Wildman–Crippen MR) is 53.7 cm³/mol. The second-order valence-corrected chi connectivity index (χ2v) is 2.91. The summed E-state index contributed by atoms with van der Waals surface area (Å²) in [4.78, 5) is 8.08. The smallest absolute Gasteiger partial charge is 0.137 e. The number of halogens is 1. The molecule has 0 bridgehead atoms. The minimum absolute atomic E-state index is 0.279. The first kappa shape index (κ1) is 8.87. The van der Waals surface area contributed by atoms with Gasteiger partial charge in [-0.05, 0) is 19.1 Å². The summed E-state index contributed by atoms with van der Waals surface area (Å²) in [5, 5.41) is 3.94. The molecule has 1 aromatic heterocycles. The van der Waals surface area contributed by atoms with Crippen LogP contribution < -0.4 is 5.32 Å². The second-order valence-electron chi connectivity index (χ2n) is 2.91. The molecule has 0 saturated carbocycles. The fraction of sp³-hybridized carbons (Fsp3) is 0.200. The van der Waals surface area contributed by atoms with Crippen molar-refractivity contribution in [3.63, 3.8) is 0 Å². The standard InChI is InChI=1S/C10H10FN3/c1-2-12-10-8-4-3-7(11)5-9(8)13-6-14-10/h3-6H,2H2,1H3,(H,12,13,14). The second kappa shape index (κ2) is 3.57. The Labute approximate surface area is 81.0 Å². The Kier molecular flexibility index (Phi) is 2.26. The van der Waals surface area contributed by atoms with Crippen LogP contribution in [0.1, 0.15) is 6.92 Å². The van der Waals surface area contributed by atoms with Crippen LogP contribution in [0.15, 0.2) is 24.5 Å². The Morgan fingerprint density at radius 3 is 3.00 bits per heavy atom. The van der Waals surface area contributed by atoms with Gasteiger partial charge >= 0.3 is 0 Å². The van der Waals surface area contributed by atoms with Gasteiger partial charge in [0.25, 0.3) is 0 Å². The molecule has 0 amide bonds. The molecule has 0 aliphatic heterocycles. The Morgan fingerprint density at radius 2 is 2.21 bits per heavy atom. The highest BCUT2D eigenvalue weighted by Gasteiger charge is 2.02. The van der Waals surface area contributed by atoms with Crippen molar-refractivity contribution in [2.24, 2.45) is 0 Å². The van der Waals surface area contributed by atoms with E-state index in [4.69, 9.17) is 0 Å². The monoisotopic (exact) mass is 191 g/mol. The van der Waals surface area contributed by atoms with Gasteiger partial charge in [0.05, 0.1) is 5.52 Å². The molecule has 0 fully saturated rings. The summed E-state index contributed by atoms with van der Waals surface area (Å²) in [6.45, 7) is 2.76. The van der Waals surface area contributed by atoms with Gasteiger partial charge in [0.1, 0.15) is 18.0 Å². The summed E-state index contributed by atoms with van der Waals surface area (Å²) in [6.07, 6.45) is 1.43. The molecule has 0 spiro atoms. The number of fused-ring (bicyclic) bond motifs is 1. The highest BCUT2D eigenvalue weighted by atomic mass is 19.1. The van der Waals surface area contributed by atoms with Gasteiger partial charge in [-0.3, -0.25) is 0 Å². The van der Waals surface area contributed by atoms with Crippen molar-refractivity contribution in [2.45, 2.75) is 6.92 Å². The van der Waals surface area contributed by atoms with E-state index < -0.39 is 0 Å². The molecule has 1 aromatic carbocycles.